The lowest BCUT2D eigenvalue weighted by Crippen LogP contribution is -2.31. The minimum Gasteiger partial charge on any atom is -0.463 e. The lowest BCUT2D eigenvalue weighted by molar-refractivity contribution is -0.123. The normalized spacial score (nSPS) is 22.4. The Kier molecular flexibility index (Phi) is 1.93. The SMILES string of the molecule is CC1CC=C(c2ccco2)NC1=O. The molecule has 1 aromatic heterocycles. The molecule has 0 fully saturated rings. The van der Waals surface area contributed by atoms with E-state index in [0.29, 0.717) is 0 Å². The van der Waals surface area contributed by atoms with Crippen molar-refractivity contribution in [3.05, 3.63) is 30.2 Å². The molecule has 68 valence electrons. The van der Waals surface area contributed by atoms with E-state index < -0.39 is 0 Å². The zero-order chi connectivity index (χ0) is 9.26. The van der Waals surface area contributed by atoms with Gasteiger partial charge in [-0.2, -0.15) is 0 Å². The number of nitrogens with one attached hydrogen (secondary N) is 1. The van der Waals surface area contributed by atoms with E-state index >= 15 is 0 Å². The second kappa shape index (κ2) is 3.09. The molecule has 2 heterocycles. The molecule has 0 saturated carbocycles. The summed E-state index contributed by atoms with van der Waals surface area (Å²) < 4.78 is 5.17. The highest BCUT2D eigenvalue weighted by atomic mass is 16.3. The third kappa shape index (κ3) is 1.49. The van der Waals surface area contributed by atoms with E-state index in [-0.39, 0.29) is 11.8 Å². The molecule has 1 atom stereocenters. The van der Waals surface area contributed by atoms with Crippen LogP contribution in [0.4, 0.5) is 0 Å². The maximum Gasteiger partial charge on any atom is 0.227 e. The Morgan fingerprint density at radius 2 is 2.46 bits per heavy atom. The molecule has 3 heteroatoms. The molecule has 1 aliphatic heterocycles. The maximum atomic E-state index is 11.3. The molecule has 1 unspecified atom stereocenters. The van der Waals surface area contributed by atoms with E-state index in [2.05, 4.69) is 5.32 Å². The van der Waals surface area contributed by atoms with Gasteiger partial charge in [0.25, 0.3) is 0 Å². The highest BCUT2D eigenvalue weighted by Gasteiger charge is 2.19. The van der Waals surface area contributed by atoms with Crippen molar-refractivity contribution in [3.63, 3.8) is 0 Å². The van der Waals surface area contributed by atoms with Crippen molar-refractivity contribution in [2.24, 2.45) is 5.92 Å². The summed E-state index contributed by atoms with van der Waals surface area (Å²) in [4.78, 5) is 11.3. The number of carbonyl (C=O) groups excluding carboxylic acids is 1. The highest BCUT2D eigenvalue weighted by Crippen LogP contribution is 2.19. The minimum atomic E-state index is 0.0638. The van der Waals surface area contributed by atoms with Gasteiger partial charge in [-0.05, 0) is 18.6 Å². The highest BCUT2D eigenvalue weighted by molar-refractivity contribution is 5.89. The van der Waals surface area contributed by atoms with Gasteiger partial charge in [0.15, 0.2) is 0 Å². The van der Waals surface area contributed by atoms with Gasteiger partial charge in [-0.3, -0.25) is 4.79 Å². The van der Waals surface area contributed by atoms with Crippen molar-refractivity contribution in [1.29, 1.82) is 0 Å². The average Bonchev–Trinajstić information content (AvgIpc) is 2.62. The van der Waals surface area contributed by atoms with Crippen LogP contribution in [0.3, 0.4) is 0 Å². The Hall–Kier alpha value is -1.51. The first-order chi connectivity index (χ1) is 6.27. The van der Waals surface area contributed by atoms with Crippen LogP contribution in [0.25, 0.3) is 5.70 Å². The van der Waals surface area contributed by atoms with Crippen LogP contribution >= 0.6 is 0 Å². The maximum absolute atomic E-state index is 11.3. The molecule has 1 amide bonds. The lowest BCUT2D eigenvalue weighted by atomic mass is 10.0. The van der Waals surface area contributed by atoms with Gasteiger partial charge in [-0.15, -0.1) is 0 Å². The van der Waals surface area contributed by atoms with E-state index in [1.165, 1.54) is 0 Å². The standard InChI is InChI=1S/C10H11NO2/c1-7-4-5-8(11-10(7)12)9-3-2-6-13-9/h2-3,5-7H,4H2,1H3,(H,11,12). The predicted molar refractivity (Wildman–Crippen MR) is 48.6 cm³/mol. The van der Waals surface area contributed by atoms with Gasteiger partial charge in [0, 0.05) is 5.92 Å². The molecule has 0 spiro atoms. The van der Waals surface area contributed by atoms with Gasteiger partial charge in [-0.25, -0.2) is 0 Å². The molecule has 2 rings (SSSR count). The third-order valence-electron chi connectivity index (χ3n) is 2.17. The van der Waals surface area contributed by atoms with Crippen LogP contribution in [0.15, 0.2) is 28.9 Å². The third-order valence-corrected chi connectivity index (χ3v) is 2.17. The first-order valence-corrected chi connectivity index (χ1v) is 4.32. The number of hydrogen-bond donors (Lipinski definition) is 1. The quantitative estimate of drug-likeness (QED) is 0.710. The van der Waals surface area contributed by atoms with Crippen molar-refractivity contribution in [1.82, 2.24) is 5.32 Å². The Labute approximate surface area is 76.4 Å². The Balaban J connectivity index is 2.23. The van der Waals surface area contributed by atoms with Gasteiger partial charge >= 0.3 is 0 Å². The Bertz CT molecular complexity index is 338. The van der Waals surface area contributed by atoms with Crippen molar-refractivity contribution in [2.75, 3.05) is 0 Å². The van der Waals surface area contributed by atoms with Gasteiger partial charge in [0.2, 0.25) is 5.91 Å². The first-order valence-electron chi connectivity index (χ1n) is 4.32. The summed E-state index contributed by atoms with van der Waals surface area (Å²) in [5.74, 6) is 0.855. The van der Waals surface area contributed by atoms with Crippen molar-refractivity contribution in [3.8, 4) is 0 Å². The molecule has 0 aliphatic carbocycles. The monoisotopic (exact) mass is 177 g/mol. The number of amides is 1. The number of hydrogen-bond acceptors (Lipinski definition) is 2. The van der Waals surface area contributed by atoms with Crippen LogP contribution < -0.4 is 5.32 Å². The van der Waals surface area contributed by atoms with E-state index in [1.807, 2.05) is 19.1 Å². The summed E-state index contributed by atoms with van der Waals surface area (Å²) in [5.41, 5.74) is 0.785. The van der Waals surface area contributed by atoms with E-state index in [4.69, 9.17) is 4.42 Å². The van der Waals surface area contributed by atoms with Crippen LogP contribution in [0.2, 0.25) is 0 Å². The number of rotatable bonds is 1. The second-order valence-corrected chi connectivity index (χ2v) is 3.22. The summed E-state index contributed by atoms with van der Waals surface area (Å²) in [6.45, 7) is 1.91. The topological polar surface area (TPSA) is 42.2 Å². The summed E-state index contributed by atoms with van der Waals surface area (Å²) in [5, 5.41) is 2.80. The molecular formula is C10H11NO2. The van der Waals surface area contributed by atoms with E-state index in [9.17, 15) is 4.79 Å². The van der Waals surface area contributed by atoms with Crippen LogP contribution in [-0.4, -0.2) is 5.91 Å². The average molecular weight is 177 g/mol. The van der Waals surface area contributed by atoms with E-state index in [0.717, 1.165) is 17.9 Å². The summed E-state index contributed by atoms with van der Waals surface area (Å²) in [7, 11) is 0. The van der Waals surface area contributed by atoms with Gasteiger partial charge in [0.1, 0.15) is 5.76 Å². The fraction of sp³-hybridized carbons (Fsp3) is 0.300. The van der Waals surface area contributed by atoms with Gasteiger partial charge in [-0.1, -0.05) is 13.0 Å². The van der Waals surface area contributed by atoms with Crippen molar-refractivity contribution < 1.29 is 9.21 Å². The molecule has 1 aliphatic rings. The van der Waals surface area contributed by atoms with Crippen LogP contribution in [-0.2, 0) is 4.79 Å². The van der Waals surface area contributed by atoms with Crippen molar-refractivity contribution in [2.45, 2.75) is 13.3 Å². The fourth-order valence-electron chi connectivity index (χ4n) is 1.30. The molecule has 0 radical (unpaired) electrons. The second-order valence-electron chi connectivity index (χ2n) is 3.22. The molecule has 0 bridgehead atoms. The summed E-state index contributed by atoms with van der Waals surface area (Å²) in [6, 6.07) is 3.64. The molecule has 1 aromatic rings. The molecule has 0 aromatic carbocycles. The van der Waals surface area contributed by atoms with Crippen LogP contribution in [0, 0.1) is 5.92 Å². The Morgan fingerprint density at radius 3 is 3.08 bits per heavy atom. The zero-order valence-electron chi connectivity index (χ0n) is 7.41. The summed E-state index contributed by atoms with van der Waals surface area (Å²) in [6.07, 6.45) is 4.37. The molecule has 3 nitrogen and oxygen atoms in total. The largest absolute Gasteiger partial charge is 0.463 e. The van der Waals surface area contributed by atoms with Crippen LogP contribution in [0.1, 0.15) is 19.1 Å². The number of carbonyl (C=O) groups is 1. The van der Waals surface area contributed by atoms with Crippen molar-refractivity contribution >= 4 is 11.6 Å². The molecule has 13 heavy (non-hydrogen) atoms. The van der Waals surface area contributed by atoms with Gasteiger partial charge in [0.05, 0.1) is 12.0 Å². The predicted octanol–water partition coefficient (Wildman–Crippen LogP) is 1.78. The lowest BCUT2D eigenvalue weighted by Gasteiger charge is -2.17. The minimum absolute atomic E-state index is 0.0638. The molecular weight excluding hydrogens is 166 g/mol. The molecule has 0 saturated heterocycles. The Morgan fingerprint density at radius 1 is 1.62 bits per heavy atom. The molecule has 1 N–H and O–H groups in total. The van der Waals surface area contributed by atoms with E-state index in [1.54, 1.807) is 12.3 Å². The smallest absolute Gasteiger partial charge is 0.227 e. The number of allylic oxidation sites excluding steroid dienone is 1. The summed E-state index contributed by atoms with van der Waals surface area (Å²) >= 11 is 0. The zero-order valence-corrected chi connectivity index (χ0v) is 7.41. The van der Waals surface area contributed by atoms with Crippen LogP contribution in [0.5, 0.6) is 0 Å². The fourth-order valence-corrected chi connectivity index (χ4v) is 1.30. The van der Waals surface area contributed by atoms with Gasteiger partial charge < -0.3 is 9.73 Å². The first kappa shape index (κ1) is 8.10. The number of furan rings is 1.